The lowest BCUT2D eigenvalue weighted by Crippen LogP contribution is -2.35. The average Bonchev–Trinajstić information content (AvgIpc) is 2.65. The smallest absolute Gasteiger partial charge is 0.338 e. The van der Waals surface area contributed by atoms with E-state index in [0.29, 0.717) is 17.0 Å². The van der Waals surface area contributed by atoms with E-state index in [9.17, 15) is 9.59 Å². The van der Waals surface area contributed by atoms with Crippen molar-refractivity contribution in [2.24, 2.45) is 0 Å². The number of carbonyl (C=O) groups is 2. The largest absolute Gasteiger partial charge is 0.497 e. The summed E-state index contributed by atoms with van der Waals surface area (Å²) in [5, 5.41) is 8.88. The molecule has 0 heterocycles. The quantitative estimate of drug-likeness (QED) is 0.702. The van der Waals surface area contributed by atoms with E-state index in [1.165, 1.54) is 12.0 Å². The highest BCUT2D eigenvalue weighted by molar-refractivity contribution is 5.97. The van der Waals surface area contributed by atoms with E-state index in [0.717, 1.165) is 11.1 Å². The van der Waals surface area contributed by atoms with Crippen molar-refractivity contribution in [1.82, 2.24) is 0 Å². The van der Waals surface area contributed by atoms with Crippen LogP contribution in [-0.2, 0) is 9.53 Å². The summed E-state index contributed by atoms with van der Waals surface area (Å²) in [6.07, 6.45) is 0.186. The van der Waals surface area contributed by atoms with Crippen molar-refractivity contribution in [2.75, 3.05) is 25.2 Å². The molecule has 0 aromatic heterocycles. The Balaban J connectivity index is 2.08. The summed E-state index contributed by atoms with van der Waals surface area (Å²) < 4.78 is 10.2. The maximum Gasteiger partial charge on any atom is 0.338 e. The van der Waals surface area contributed by atoms with Gasteiger partial charge in [-0.05, 0) is 61.4 Å². The molecule has 1 amide bonds. The number of aryl methyl sites for hydroxylation is 2. The Labute approximate surface area is 158 Å². The van der Waals surface area contributed by atoms with Crippen LogP contribution >= 0.6 is 0 Å². The molecule has 0 atom stereocenters. The highest BCUT2D eigenvalue weighted by atomic mass is 16.5. The highest BCUT2D eigenvalue weighted by Gasteiger charge is 2.18. The van der Waals surface area contributed by atoms with Crippen LogP contribution in [0.3, 0.4) is 0 Å². The molecule has 2 rings (SSSR count). The van der Waals surface area contributed by atoms with E-state index in [2.05, 4.69) is 0 Å². The van der Waals surface area contributed by atoms with Crippen molar-refractivity contribution in [1.29, 1.82) is 5.26 Å². The Morgan fingerprint density at radius 1 is 1.07 bits per heavy atom. The third-order valence-electron chi connectivity index (χ3n) is 3.92. The molecule has 140 valence electrons. The molecule has 27 heavy (non-hydrogen) atoms. The number of anilines is 1. The second kappa shape index (κ2) is 9.39. The minimum absolute atomic E-state index is 0.186. The van der Waals surface area contributed by atoms with Gasteiger partial charge in [0.2, 0.25) is 0 Å². The number of benzene rings is 2. The summed E-state index contributed by atoms with van der Waals surface area (Å²) in [5.41, 5.74) is 3.04. The van der Waals surface area contributed by atoms with Gasteiger partial charge in [0.25, 0.3) is 5.91 Å². The zero-order valence-electron chi connectivity index (χ0n) is 15.7. The highest BCUT2D eigenvalue weighted by Crippen LogP contribution is 2.20. The molecule has 0 bridgehead atoms. The fourth-order valence-corrected chi connectivity index (χ4v) is 2.68. The second-order valence-corrected chi connectivity index (χ2v) is 6.10. The van der Waals surface area contributed by atoms with Gasteiger partial charge in [-0.25, -0.2) is 4.79 Å². The van der Waals surface area contributed by atoms with Gasteiger partial charge in [-0.3, -0.25) is 4.79 Å². The van der Waals surface area contributed by atoms with E-state index in [-0.39, 0.29) is 18.9 Å². The number of amides is 1. The van der Waals surface area contributed by atoms with Crippen LogP contribution in [0.4, 0.5) is 5.69 Å². The number of ether oxygens (including phenoxy) is 2. The summed E-state index contributed by atoms with van der Waals surface area (Å²) in [6.45, 7) is 3.71. The number of methoxy groups -OCH3 is 1. The topological polar surface area (TPSA) is 79.6 Å². The van der Waals surface area contributed by atoms with Gasteiger partial charge in [0, 0.05) is 12.2 Å². The lowest BCUT2D eigenvalue weighted by Gasteiger charge is -2.22. The summed E-state index contributed by atoms with van der Waals surface area (Å²) >= 11 is 0. The predicted molar refractivity (Wildman–Crippen MR) is 102 cm³/mol. The molecule has 2 aromatic rings. The number of nitriles is 1. The first-order valence-corrected chi connectivity index (χ1v) is 8.51. The summed E-state index contributed by atoms with van der Waals surface area (Å²) in [7, 11) is 1.54. The molecule has 0 fully saturated rings. The summed E-state index contributed by atoms with van der Waals surface area (Å²) in [4.78, 5) is 26.2. The van der Waals surface area contributed by atoms with E-state index < -0.39 is 12.6 Å². The van der Waals surface area contributed by atoms with Gasteiger partial charge < -0.3 is 14.4 Å². The van der Waals surface area contributed by atoms with Crippen molar-refractivity contribution < 1.29 is 19.1 Å². The minimum atomic E-state index is -0.591. The Kier molecular flexibility index (Phi) is 6.95. The van der Waals surface area contributed by atoms with Gasteiger partial charge in [0.1, 0.15) is 5.75 Å². The Morgan fingerprint density at radius 2 is 1.70 bits per heavy atom. The Morgan fingerprint density at radius 3 is 2.26 bits per heavy atom. The van der Waals surface area contributed by atoms with Gasteiger partial charge >= 0.3 is 5.97 Å². The molecule has 0 N–H and O–H groups in total. The standard InChI is InChI=1S/C21H22N2O4/c1-15-11-16(2)13-18(12-15)23(10-4-9-22)20(24)14-27-21(25)17-5-7-19(26-3)8-6-17/h5-8,11-13H,4,10,14H2,1-3H3. The number of nitrogens with zero attached hydrogens (tertiary/aromatic N) is 2. The first kappa shape index (κ1) is 20.0. The first-order valence-electron chi connectivity index (χ1n) is 8.51. The number of carbonyl (C=O) groups excluding carboxylic acids is 2. The summed E-state index contributed by atoms with van der Waals surface area (Å²) in [5.74, 6) is -0.344. The minimum Gasteiger partial charge on any atom is -0.497 e. The fraction of sp³-hybridized carbons (Fsp3) is 0.286. The molecule has 0 aliphatic rings. The van der Waals surface area contributed by atoms with Crippen LogP contribution in [0.5, 0.6) is 5.75 Å². The van der Waals surface area contributed by atoms with Crippen molar-refractivity contribution in [3.8, 4) is 11.8 Å². The van der Waals surface area contributed by atoms with E-state index in [1.807, 2.05) is 38.1 Å². The monoisotopic (exact) mass is 366 g/mol. The van der Waals surface area contributed by atoms with Crippen molar-refractivity contribution >= 4 is 17.6 Å². The Bertz CT molecular complexity index is 833. The SMILES string of the molecule is COc1ccc(C(=O)OCC(=O)N(CCC#N)c2cc(C)cc(C)c2)cc1. The molecule has 0 saturated carbocycles. The lowest BCUT2D eigenvalue weighted by atomic mass is 10.1. The zero-order chi connectivity index (χ0) is 19.8. The van der Waals surface area contributed by atoms with Crippen LogP contribution in [-0.4, -0.2) is 32.1 Å². The van der Waals surface area contributed by atoms with Crippen LogP contribution in [0.2, 0.25) is 0 Å². The molecule has 0 aliphatic carbocycles. The molecule has 0 saturated heterocycles. The van der Waals surface area contributed by atoms with Crippen molar-refractivity contribution in [3.63, 3.8) is 0 Å². The summed E-state index contributed by atoms with van der Waals surface area (Å²) in [6, 6.07) is 14.2. The second-order valence-electron chi connectivity index (χ2n) is 6.10. The van der Waals surface area contributed by atoms with Crippen LogP contribution in [0.1, 0.15) is 27.9 Å². The zero-order valence-corrected chi connectivity index (χ0v) is 15.7. The third kappa shape index (κ3) is 5.58. The number of hydrogen-bond acceptors (Lipinski definition) is 5. The predicted octanol–water partition coefficient (Wildman–Crippen LogP) is 3.42. The van der Waals surface area contributed by atoms with Gasteiger partial charge in [-0.2, -0.15) is 5.26 Å². The first-order chi connectivity index (χ1) is 12.9. The van der Waals surface area contributed by atoms with Crippen molar-refractivity contribution in [3.05, 3.63) is 59.2 Å². The van der Waals surface area contributed by atoms with Crippen LogP contribution in [0.25, 0.3) is 0 Å². The van der Waals surface area contributed by atoms with Gasteiger partial charge in [-0.15, -0.1) is 0 Å². The van der Waals surface area contributed by atoms with Crippen LogP contribution < -0.4 is 9.64 Å². The van der Waals surface area contributed by atoms with Gasteiger partial charge in [0.05, 0.1) is 25.2 Å². The molecule has 0 unspecified atom stereocenters. The van der Waals surface area contributed by atoms with Crippen molar-refractivity contribution in [2.45, 2.75) is 20.3 Å². The van der Waals surface area contributed by atoms with Gasteiger partial charge in [-0.1, -0.05) is 6.07 Å². The number of esters is 1. The van der Waals surface area contributed by atoms with E-state index >= 15 is 0 Å². The van der Waals surface area contributed by atoms with E-state index in [1.54, 1.807) is 24.3 Å². The van der Waals surface area contributed by atoms with Crippen LogP contribution in [0.15, 0.2) is 42.5 Å². The average molecular weight is 366 g/mol. The maximum absolute atomic E-state index is 12.6. The van der Waals surface area contributed by atoms with Gasteiger partial charge in [0.15, 0.2) is 6.61 Å². The molecule has 0 radical (unpaired) electrons. The number of hydrogen-bond donors (Lipinski definition) is 0. The number of rotatable bonds is 7. The van der Waals surface area contributed by atoms with Crippen LogP contribution in [0, 0.1) is 25.2 Å². The molecule has 6 nitrogen and oxygen atoms in total. The molecular formula is C21H22N2O4. The fourth-order valence-electron chi connectivity index (χ4n) is 2.68. The molecular weight excluding hydrogens is 344 g/mol. The third-order valence-corrected chi connectivity index (χ3v) is 3.92. The molecule has 6 heteroatoms. The maximum atomic E-state index is 12.6. The lowest BCUT2D eigenvalue weighted by molar-refractivity contribution is -0.121. The molecule has 0 aliphatic heterocycles. The Hall–Kier alpha value is -3.33. The normalized spacial score (nSPS) is 10.0. The molecule has 2 aromatic carbocycles. The van der Waals surface area contributed by atoms with E-state index in [4.69, 9.17) is 14.7 Å². The molecule has 0 spiro atoms.